The van der Waals surface area contributed by atoms with Crippen molar-refractivity contribution in [2.24, 2.45) is 11.7 Å². The number of hydrogen-bond donors (Lipinski definition) is 1. The van der Waals surface area contributed by atoms with Crippen LogP contribution in [0.1, 0.15) is 25.0 Å². The van der Waals surface area contributed by atoms with Crippen LogP contribution in [0.2, 0.25) is 0 Å². The summed E-state index contributed by atoms with van der Waals surface area (Å²) in [6, 6.07) is 8.37. The molecule has 90 valence electrons. The molecule has 0 radical (unpaired) electrons. The summed E-state index contributed by atoms with van der Waals surface area (Å²) in [5.74, 6) is 1.69. The lowest BCUT2D eigenvalue weighted by Gasteiger charge is -2.08. The zero-order valence-corrected chi connectivity index (χ0v) is 10.9. The predicted octanol–water partition coefficient (Wildman–Crippen LogP) is 2.09. The summed E-state index contributed by atoms with van der Waals surface area (Å²) in [5, 5.41) is 0. The third-order valence-electron chi connectivity index (χ3n) is 2.63. The molecule has 0 saturated heterocycles. The van der Waals surface area contributed by atoms with Gasteiger partial charge in [0, 0.05) is 22.3 Å². The molecule has 2 atom stereocenters. The van der Waals surface area contributed by atoms with E-state index in [-0.39, 0.29) is 0 Å². The highest BCUT2D eigenvalue weighted by molar-refractivity contribution is 7.84. The lowest BCUT2D eigenvalue weighted by molar-refractivity contribution is 0.640. The number of benzene rings is 1. The number of aryl methyl sites for hydroxylation is 1. The van der Waals surface area contributed by atoms with E-state index in [1.54, 1.807) is 0 Å². The summed E-state index contributed by atoms with van der Waals surface area (Å²) >= 11 is 0. The van der Waals surface area contributed by atoms with Crippen molar-refractivity contribution in [2.75, 3.05) is 12.3 Å². The molecule has 2 N–H and O–H groups in total. The molecule has 3 heteroatoms. The first-order chi connectivity index (χ1) is 7.65. The molecule has 0 saturated carbocycles. The maximum atomic E-state index is 11.8. The maximum Gasteiger partial charge on any atom is 0.0485 e. The van der Waals surface area contributed by atoms with Gasteiger partial charge in [0.1, 0.15) is 0 Å². The quantitative estimate of drug-likeness (QED) is 0.826. The van der Waals surface area contributed by atoms with Gasteiger partial charge < -0.3 is 5.73 Å². The van der Waals surface area contributed by atoms with E-state index in [2.05, 4.69) is 31.2 Å². The third kappa shape index (κ3) is 4.45. The van der Waals surface area contributed by atoms with Gasteiger partial charge >= 0.3 is 0 Å². The van der Waals surface area contributed by atoms with Gasteiger partial charge in [-0.15, -0.1) is 0 Å². The largest absolute Gasteiger partial charge is 0.330 e. The summed E-state index contributed by atoms with van der Waals surface area (Å²) in [5.41, 5.74) is 7.99. The van der Waals surface area contributed by atoms with E-state index in [1.807, 2.05) is 6.92 Å². The van der Waals surface area contributed by atoms with Crippen molar-refractivity contribution < 1.29 is 4.21 Å². The molecule has 2 nitrogen and oxygen atoms in total. The van der Waals surface area contributed by atoms with E-state index in [4.69, 9.17) is 5.73 Å². The Labute approximate surface area is 101 Å². The zero-order chi connectivity index (χ0) is 12.0. The highest BCUT2D eigenvalue weighted by atomic mass is 32.2. The van der Waals surface area contributed by atoms with Gasteiger partial charge in [0.15, 0.2) is 0 Å². The van der Waals surface area contributed by atoms with E-state index < -0.39 is 10.8 Å². The van der Waals surface area contributed by atoms with E-state index in [9.17, 15) is 4.21 Å². The smallest absolute Gasteiger partial charge is 0.0485 e. The second-order valence-electron chi connectivity index (χ2n) is 4.26. The van der Waals surface area contributed by atoms with E-state index in [0.29, 0.717) is 24.0 Å². The summed E-state index contributed by atoms with van der Waals surface area (Å²) in [6.07, 6.45) is 1.05. The van der Waals surface area contributed by atoms with E-state index >= 15 is 0 Å². The summed E-state index contributed by atoms with van der Waals surface area (Å²) in [7, 11) is -0.790. The molecule has 0 heterocycles. The van der Waals surface area contributed by atoms with Crippen LogP contribution in [-0.4, -0.2) is 16.5 Å². The van der Waals surface area contributed by atoms with Crippen molar-refractivity contribution in [3.8, 4) is 0 Å². The van der Waals surface area contributed by atoms with E-state index in [1.165, 1.54) is 5.56 Å². The number of hydrogen-bond acceptors (Lipinski definition) is 2. The first-order valence-corrected chi connectivity index (χ1v) is 7.27. The van der Waals surface area contributed by atoms with Crippen LogP contribution in [0.15, 0.2) is 24.3 Å². The normalized spacial score (nSPS) is 14.7. The first kappa shape index (κ1) is 13.4. The second kappa shape index (κ2) is 6.81. The van der Waals surface area contributed by atoms with Crippen molar-refractivity contribution in [2.45, 2.75) is 26.0 Å². The molecule has 1 aromatic rings. The Kier molecular flexibility index (Phi) is 5.71. The minimum absolute atomic E-state index is 0.343. The molecule has 16 heavy (non-hydrogen) atoms. The molecular weight excluding hydrogens is 218 g/mol. The van der Waals surface area contributed by atoms with Gasteiger partial charge in [0.2, 0.25) is 0 Å². The zero-order valence-electron chi connectivity index (χ0n) is 10.1. The predicted molar refractivity (Wildman–Crippen MR) is 70.8 cm³/mol. The Balaban J connectivity index is 2.49. The Morgan fingerprint density at radius 3 is 2.31 bits per heavy atom. The van der Waals surface area contributed by atoms with Gasteiger partial charge in [-0.25, -0.2) is 0 Å². The minimum atomic E-state index is -0.790. The van der Waals surface area contributed by atoms with Crippen molar-refractivity contribution in [3.05, 3.63) is 35.4 Å². The molecule has 0 aliphatic carbocycles. The third-order valence-corrected chi connectivity index (χ3v) is 4.23. The first-order valence-electron chi connectivity index (χ1n) is 5.78. The average Bonchev–Trinajstić information content (AvgIpc) is 2.29. The van der Waals surface area contributed by atoms with Crippen LogP contribution < -0.4 is 5.73 Å². The van der Waals surface area contributed by atoms with Crippen LogP contribution in [0.4, 0.5) is 0 Å². The summed E-state index contributed by atoms with van der Waals surface area (Å²) in [4.78, 5) is 0. The Morgan fingerprint density at radius 1 is 1.25 bits per heavy atom. The van der Waals surface area contributed by atoms with Crippen LogP contribution in [0.3, 0.4) is 0 Å². The van der Waals surface area contributed by atoms with Gasteiger partial charge in [-0.2, -0.15) is 0 Å². The van der Waals surface area contributed by atoms with Gasteiger partial charge in [-0.3, -0.25) is 4.21 Å². The molecule has 0 bridgehead atoms. The average molecular weight is 239 g/mol. The monoisotopic (exact) mass is 239 g/mol. The fraction of sp³-hybridized carbons (Fsp3) is 0.538. The molecule has 0 fully saturated rings. The topological polar surface area (TPSA) is 43.1 Å². The van der Waals surface area contributed by atoms with Gasteiger partial charge in [0.25, 0.3) is 0 Å². The summed E-state index contributed by atoms with van der Waals surface area (Å²) in [6.45, 7) is 4.79. The highest BCUT2D eigenvalue weighted by Crippen LogP contribution is 2.09. The van der Waals surface area contributed by atoms with Gasteiger partial charge in [-0.1, -0.05) is 38.1 Å². The molecule has 0 aromatic heterocycles. The van der Waals surface area contributed by atoms with Gasteiger partial charge in [-0.05, 0) is 30.0 Å². The van der Waals surface area contributed by atoms with Crippen LogP contribution in [-0.2, 0) is 23.0 Å². The Bertz CT molecular complexity index is 334. The highest BCUT2D eigenvalue weighted by Gasteiger charge is 2.06. The lowest BCUT2D eigenvalue weighted by Crippen LogP contribution is -2.18. The van der Waals surface area contributed by atoms with Gasteiger partial charge in [0.05, 0.1) is 0 Å². The SMILES string of the molecule is CCc1ccc(CS(=O)CC(C)CN)cc1. The van der Waals surface area contributed by atoms with Crippen molar-refractivity contribution >= 4 is 10.8 Å². The van der Waals surface area contributed by atoms with Crippen LogP contribution >= 0.6 is 0 Å². The molecular formula is C13H21NOS. The molecule has 0 amide bonds. The fourth-order valence-corrected chi connectivity index (χ4v) is 2.95. The van der Waals surface area contributed by atoms with Crippen LogP contribution in [0, 0.1) is 5.92 Å². The number of nitrogens with two attached hydrogens (primary N) is 1. The Morgan fingerprint density at radius 2 is 1.81 bits per heavy atom. The standard InChI is InChI=1S/C13H21NOS/c1-3-12-4-6-13(7-5-12)10-16(15)9-11(2)8-14/h4-7,11H,3,8-10,14H2,1-2H3. The fourth-order valence-electron chi connectivity index (χ4n) is 1.50. The molecule has 2 unspecified atom stereocenters. The summed E-state index contributed by atoms with van der Waals surface area (Å²) < 4.78 is 11.8. The minimum Gasteiger partial charge on any atom is -0.330 e. The molecule has 0 spiro atoms. The molecule has 0 aliphatic rings. The van der Waals surface area contributed by atoms with Crippen molar-refractivity contribution in [3.63, 3.8) is 0 Å². The molecule has 0 aliphatic heterocycles. The van der Waals surface area contributed by atoms with Crippen molar-refractivity contribution in [1.82, 2.24) is 0 Å². The molecule has 1 aromatic carbocycles. The van der Waals surface area contributed by atoms with Crippen LogP contribution in [0.5, 0.6) is 0 Å². The van der Waals surface area contributed by atoms with Crippen molar-refractivity contribution in [1.29, 1.82) is 0 Å². The van der Waals surface area contributed by atoms with E-state index in [0.717, 1.165) is 12.0 Å². The molecule has 1 rings (SSSR count). The lowest BCUT2D eigenvalue weighted by atomic mass is 10.1. The van der Waals surface area contributed by atoms with Crippen LogP contribution in [0.25, 0.3) is 0 Å². The Hall–Kier alpha value is -0.670. The maximum absolute atomic E-state index is 11.8. The number of rotatable bonds is 6. The second-order valence-corrected chi connectivity index (χ2v) is 5.76.